The molecule has 32 heavy (non-hydrogen) atoms. The van der Waals surface area contributed by atoms with Crippen molar-refractivity contribution in [3.8, 4) is 0 Å². The number of hydrogen-bond donors (Lipinski definition) is 0. The van der Waals surface area contributed by atoms with E-state index in [0.717, 1.165) is 0 Å². The molecule has 0 amide bonds. The van der Waals surface area contributed by atoms with Gasteiger partial charge in [0.15, 0.2) is 0 Å². The first-order valence-electron chi connectivity index (χ1n) is 9.78. The standard InChI is InChI=1S/C18H24F14/c1-2-3-4-5-8-12(11-14(20,17(27,28)29)18(30,31)32)9-6-7-10-13(19,15(21,22)23)16(24,25)26/h12H,2-11H2,1H3. The first-order valence-corrected chi connectivity index (χ1v) is 9.78. The zero-order valence-electron chi connectivity index (χ0n) is 16.9. The lowest BCUT2D eigenvalue weighted by molar-refractivity contribution is -0.346. The van der Waals surface area contributed by atoms with Gasteiger partial charge in [0.25, 0.3) is 11.3 Å². The molecule has 0 bridgehead atoms. The van der Waals surface area contributed by atoms with Crippen LogP contribution in [0.5, 0.6) is 0 Å². The Hall–Kier alpha value is -0.980. The molecule has 0 rings (SSSR count). The second-order valence-electron chi connectivity index (χ2n) is 7.76. The van der Waals surface area contributed by atoms with Gasteiger partial charge in [-0.2, -0.15) is 52.7 Å². The summed E-state index contributed by atoms with van der Waals surface area (Å²) in [7, 11) is 0. The summed E-state index contributed by atoms with van der Waals surface area (Å²) >= 11 is 0. The van der Waals surface area contributed by atoms with Crippen LogP contribution in [0.25, 0.3) is 0 Å². The van der Waals surface area contributed by atoms with E-state index in [1.807, 2.05) is 0 Å². The Morgan fingerprint density at radius 3 is 1.19 bits per heavy atom. The van der Waals surface area contributed by atoms with Crippen LogP contribution in [-0.2, 0) is 0 Å². The monoisotopic (exact) mass is 506 g/mol. The summed E-state index contributed by atoms with van der Waals surface area (Å²) in [5.74, 6) is -1.63. The van der Waals surface area contributed by atoms with Crippen LogP contribution in [0, 0.1) is 5.92 Å². The van der Waals surface area contributed by atoms with Gasteiger partial charge in [-0.25, -0.2) is 8.78 Å². The number of hydrogen-bond acceptors (Lipinski definition) is 0. The maximum atomic E-state index is 14.0. The number of alkyl halides is 14. The van der Waals surface area contributed by atoms with Crippen molar-refractivity contribution >= 4 is 0 Å². The molecule has 1 unspecified atom stereocenters. The van der Waals surface area contributed by atoms with Crippen molar-refractivity contribution in [1.82, 2.24) is 0 Å². The fourth-order valence-corrected chi connectivity index (χ4v) is 3.24. The molecule has 0 aromatic rings. The third kappa shape index (κ3) is 7.81. The van der Waals surface area contributed by atoms with Gasteiger partial charge in [0.2, 0.25) is 0 Å². The highest BCUT2D eigenvalue weighted by molar-refractivity contribution is 4.97. The first kappa shape index (κ1) is 31.0. The number of halogens is 14. The fraction of sp³-hybridized carbons (Fsp3) is 1.00. The SMILES string of the molecule is CCCCCCC(CCCCC(F)(C(F)(F)F)C(F)(F)F)CC(F)(C(F)(F)F)C(F)(F)F. The summed E-state index contributed by atoms with van der Waals surface area (Å²) in [6, 6.07) is 0. The molecule has 0 saturated carbocycles. The topological polar surface area (TPSA) is 0 Å². The van der Waals surface area contributed by atoms with Crippen LogP contribution in [0.4, 0.5) is 61.5 Å². The van der Waals surface area contributed by atoms with E-state index in [1.165, 1.54) is 0 Å². The largest absolute Gasteiger partial charge is 0.431 e. The lowest BCUT2D eigenvalue weighted by Gasteiger charge is -2.33. The van der Waals surface area contributed by atoms with Gasteiger partial charge in [0.05, 0.1) is 0 Å². The maximum absolute atomic E-state index is 14.0. The normalized spacial score (nSPS) is 15.8. The highest BCUT2D eigenvalue weighted by Gasteiger charge is 2.73. The van der Waals surface area contributed by atoms with E-state index >= 15 is 0 Å². The van der Waals surface area contributed by atoms with E-state index in [0.29, 0.717) is 19.3 Å². The van der Waals surface area contributed by atoms with Crippen LogP contribution >= 0.6 is 0 Å². The lowest BCUT2D eigenvalue weighted by Crippen LogP contribution is -2.54. The van der Waals surface area contributed by atoms with Crippen molar-refractivity contribution in [2.45, 2.75) is 107 Å². The molecule has 0 aliphatic carbocycles. The summed E-state index contributed by atoms with van der Waals surface area (Å²) in [6.45, 7) is 1.75. The van der Waals surface area contributed by atoms with Gasteiger partial charge >= 0.3 is 24.7 Å². The van der Waals surface area contributed by atoms with Crippen molar-refractivity contribution in [3.63, 3.8) is 0 Å². The lowest BCUT2D eigenvalue weighted by atomic mass is 9.83. The van der Waals surface area contributed by atoms with E-state index < -0.39 is 74.1 Å². The number of unbranched alkanes of at least 4 members (excludes halogenated alkanes) is 4. The Morgan fingerprint density at radius 1 is 0.469 bits per heavy atom. The minimum absolute atomic E-state index is 0.0858. The summed E-state index contributed by atoms with van der Waals surface area (Å²) < 4.78 is 180. The molecule has 0 aliphatic heterocycles. The van der Waals surface area contributed by atoms with Crippen LogP contribution in [0.3, 0.4) is 0 Å². The molecule has 194 valence electrons. The van der Waals surface area contributed by atoms with Gasteiger partial charge in [0.1, 0.15) is 0 Å². The molecule has 1 atom stereocenters. The summed E-state index contributed by atoms with van der Waals surface area (Å²) in [6.07, 6.45) is -30.7. The quantitative estimate of drug-likeness (QED) is 0.183. The van der Waals surface area contributed by atoms with E-state index in [-0.39, 0.29) is 12.8 Å². The molecule has 0 radical (unpaired) electrons. The van der Waals surface area contributed by atoms with Gasteiger partial charge in [-0.1, -0.05) is 51.9 Å². The van der Waals surface area contributed by atoms with Crippen LogP contribution in [-0.4, -0.2) is 36.0 Å². The average molecular weight is 506 g/mol. The highest BCUT2D eigenvalue weighted by atomic mass is 19.4. The minimum atomic E-state index is -6.33. The van der Waals surface area contributed by atoms with Gasteiger partial charge in [-0.3, -0.25) is 0 Å². The fourth-order valence-electron chi connectivity index (χ4n) is 3.24. The van der Waals surface area contributed by atoms with Crippen molar-refractivity contribution in [2.24, 2.45) is 5.92 Å². The van der Waals surface area contributed by atoms with Gasteiger partial charge in [0, 0.05) is 6.42 Å². The van der Waals surface area contributed by atoms with Crippen molar-refractivity contribution < 1.29 is 61.5 Å². The molecule has 0 aromatic heterocycles. The first-order chi connectivity index (χ1) is 14.1. The number of rotatable bonds is 12. The Morgan fingerprint density at radius 2 is 0.844 bits per heavy atom. The second kappa shape index (κ2) is 11.0. The Kier molecular flexibility index (Phi) is 10.6. The van der Waals surface area contributed by atoms with E-state index in [1.54, 1.807) is 6.92 Å². The van der Waals surface area contributed by atoms with Crippen LogP contribution in [0.1, 0.15) is 71.1 Å². The molecule has 0 saturated heterocycles. The zero-order chi connectivity index (χ0) is 25.6. The maximum Gasteiger partial charge on any atom is 0.431 e. The van der Waals surface area contributed by atoms with Crippen molar-refractivity contribution in [2.75, 3.05) is 0 Å². The third-order valence-corrected chi connectivity index (χ3v) is 5.22. The van der Waals surface area contributed by atoms with Gasteiger partial charge < -0.3 is 0 Å². The molecule has 0 aromatic carbocycles. The van der Waals surface area contributed by atoms with Crippen LogP contribution in [0.15, 0.2) is 0 Å². The summed E-state index contributed by atoms with van der Waals surface area (Å²) in [4.78, 5) is 0. The predicted octanol–water partition coefficient (Wildman–Crippen LogP) is 9.19. The zero-order valence-corrected chi connectivity index (χ0v) is 16.9. The van der Waals surface area contributed by atoms with Crippen molar-refractivity contribution in [3.05, 3.63) is 0 Å². The molecular formula is C18H24F14. The molecule has 0 aliphatic rings. The Balaban J connectivity index is 5.37. The molecule has 14 heteroatoms. The van der Waals surface area contributed by atoms with E-state index in [4.69, 9.17) is 0 Å². The predicted molar refractivity (Wildman–Crippen MR) is 87.2 cm³/mol. The highest BCUT2D eigenvalue weighted by Crippen LogP contribution is 2.52. The molecule has 0 fully saturated rings. The van der Waals surface area contributed by atoms with E-state index in [2.05, 4.69) is 0 Å². The van der Waals surface area contributed by atoms with Crippen LogP contribution in [0.2, 0.25) is 0 Å². The smallest absolute Gasteiger partial charge is 0.224 e. The van der Waals surface area contributed by atoms with Gasteiger partial charge in [-0.15, -0.1) is 0 Å². The van der Waals surface area contributed by atoms with Crippen LogP contribution < -0.4 is 0 Å². The Bertz CT molecular complexity index is 512. The van der Waals surface area contributed by atoms with Gasteiger partial charge in [-0.05, 0) is 18.8 Å². The molecule has 0 heterocycles. The van der Waals surface area contributed by atoms with Crippen molar-refractivity contribution in [1.29, 1.82) is 0 Å². The summed E-state index contributed by atoms with van der Waals surface area (Å²) in [5, 5.41) is 0. The average Bonchev–Trinajstić information content (AvgIpc) is 2.57. The molecule has 0 nitrogen and oxygen atoms in total. The summed E-state index contributed by atoms with van der Waals surface area (Å²) in [5.41, 5.74) is -11.2. The Labute approximate surface area is 175 Å². The molecule has 0 spiro atoms. The molecule has 0 N–H and O–H groups in total. The third-order valence-electron chi connectivity index (χ3n) is 5.22. The molecular weight excluding hydrogens is 482 g/mol. The minimum Gasteiger partial charge on any atom is -0.224 e. The van der Waals surface area contributed by atoms with E-state index in [9.17, 15) is 61.5 Å². The second-order valence-corrected chi connectivity index (χ2v) is 7.76.